The van der Waals surface area contributed by atoms with E-state index in [0.29, 0.717) is 18.9 Å². The summed E-state index contributed by atoms with van der Waals surface area (Å²) in [5.41, 5.74) is 0.520. The van der Waals surface area contributed by atoms with Crippen LogP contribution in [0.15, 0.2) is 5.38 Å². The molecule has 0 atom stereocenters. The van der Waals surface area contributed by atoms with Gasteiger partial charge in [0.2, 0.25) is 11.8 Å². The van der Waals surface area contributed by atoms with E-state index in [1.165, 1.54) is 42.0 Å². The number of carbonyl (C=O) groups is 2. The van der Waals surface area contributed by atoms with Gasteiger partial charge in [-0.05, 0) is 25.7 Å². The average molecular weight is 332 g/mol. The van der Waals surface area contributed by atoms with Crippen molar-refractivity contribution in [2.45, 2.75) is 76.7 Å². The molecule has 4 rings (SSSR count). The third kappa shape index (κ3) is 2.73. The Hall–Kier alpha value is -1.23. The molecule has 3 aliphatic rings. The molecule has 0 N–H and O–H groups in total. The fourth-order valence-corrected chi connectivity index (χ4v) is 5.54. The van der Waals surface area contributed by atoms with Crippen LogP contribution in [0.4, 0.5) is 0 Å². The van der Waals surface area contributed by atoms with Crippen LogP contribution in [0.5, 0.6) is 0 Å². The Morgan fingerprint density at radius 3 is 2.61 bits per heavy atom. The third-order valence-electron chi connectivity index (χ3n) is 5.89. The molecule has 124 valence electrons. The van der Waals surface area contributed by atoms with Crippen molar-refractivity contribution in [3.05, 3.63) is 16.1 Å². The Morgan fingerprint density at radius 2 is 1.87 bits per heavy atom. The van der Waals surface area contributed by atoms with Gasteiger partial charge in [0, 0.05) is 17.7 Å². The van der Waals surface area contributed by atoms with Crippen molar-refractivity contribution in [1.29, 1.82) is 0 Å². The van der Waals surface area contributed by atoms with E-state index in [2.05, 4.69) is 0 Å². The molecule has 2 heterocycles. The predicted molar refractivity (Wildman–Crippen MR) is 89.0 cm³/mol. The highest BCUT2D eigenvalue weighted by molar-refractivity contribution is 7.09. The second kappa shape index (κ2) is 6.00. The van der Waals surface area contributed by atoms with Crippen LogP contribution < -0.4 is 0 Å². The normalized spacial score (nSPS) is 25.0. The largest absolute Gasteiger partial charge is 0.276 e. The van der Waals surface area contributed by atoms with Crippen LogP contribution in [0.1, 0.15) is 80.8 Å². The van der Waals surface area contributed by atoms with E-state index >= 15 is 0 Å². The molecule has 1 aliphatic heterocycles. The summed E-state index contributed by atoms with van der Waals surface area (Å²) in [6.07, 6.45) is 10.6. The Bertz CT molecular complexity index is 612. The maximum atomic E-state index is 12.8. The lowest BCUT2D eigenvalue weighted by Gasteiger charge is -2.30. The highest BCUT2D eigenvalue weighted by Crippen LogP contribution is 2.45. The minimum Gasteiger partial charge on any atom is -0.276 e. The molecular weight excluding hydrogens is 308 g/mol. The molecule has 2 saturated carbocycles. The molecule has 23 heavy (non-hydrogen) atoms. The second-order valence-corrected chi connectivity index (χ2v) is 8.35. The van der Waals surface area contributed by atoms with E-state index in [9.17, 15) is 9.59 Å². The summed E-state index contributed by atoms with van der Waals surface area (Å²) in [5, 5.41) is 3.24. The van der Waals surface area contributed by atoms with Gasteiger partial charge in [0.25, 0.3) is 0 Å². The maximum Gasteiger partial charge on any atom is 0.236 e. The standard InChI is InChI=1S/C18H24N2O2S/c21-15-10-18(8-4-1-5-9-18)17(22)20(15)11-14-12-23-16(19-14)13-6-2-3-7-13/h12-13H,1-11H2. The summed E-state index contributed by atoms with van der Waals surface area (Å²) >= 11 is 1.70. The molecule has 1 saturated heterocycles. The van der Waals surface area contributed by atoms with E-state index in [1.54, 1.807) is 11.3 Å². The van der Waals surface area contributed by atoms with Gasteiger partial charge in [0.1, 0.15) is 0 Å². The number of imide groups is 1. The fraction of sp³-hybridized carbons (Fsp3) is 0.722. The van der Waals surface area contributed by atoms with Crippen LogP contribution in [-0.4, -0.2) is 21.7 Å². The van der Waals surface area contributed by atoms with Gasteiger partial charge in [-0.15, -0.1) is 11.3 Å². The summed E-state index contributed by atoms with van der Waals surface area (Å²) in [4.78, 5) is 31.5. The molecule has 1 spiro atoms. The van der Waals surface area contributed by atoms with E-state index in [-0.39, 0.29) is 17.2 Å². The number of carbonyl (C=O) groups excluding carboxylic acids is 2. The van der Waals surface area contributed by atoms with Crippen LogP contribution in [0.2, 0.25) is 0 Å². The molecule has 2 aliphatic carbocycles. The lowest BCUT2D eigenvalue weighted by Crippen LogP contribution is -2.36. The van der Waals surface area contributed by atoms with E-state index in [0.717, 1.165) is 31.4 Å². The first kappa shape index (κ1) is 15.3. The van der Waals surface area contributed by atoms with Crippen molar-refractivity contribution < 1.29 is 9.59 Å². The molecule has 1 aromatic rings. The molecule has 0 bridgehead atoms. The topological polar surface area (TPSA) is 50.3 Å². The monoisotopic (exact) mass is 332 g/mol. The van der Waals surface area contributed by atoms with E-state index in [1.807, 2.05) is 5.38 Å². The minimum absolute atomic E-state index is 0.00677. The van der Waals surface area contributed by atoms with Crippen LogP contribution in [0.25, 0.3) is 0 Å². The van der Waals surface area contributed by atoms with Crippen molar-refractivity contribution in [1.82, 2.24) is 9.88 Å². The Balaban J connectivity index is 1.48. The minimum atomic E-state index is -0.375. The molecule has 3 fully saturated rings. The first-order valence-electron chi connectivity index (χ1n) is 8.97. The van der Waals surface area contributed by atoms with Gasteiger partial charge in [0.15, 0.2) is 0 Å². The number of thiazole rings is 1. The first-order valence-corrected chi connectivity index (χ1v) is 9.85. The summed E-state index contributed by atoms with van der Waals surface area (Å²) in [6.45, 7) is 0.378. The molecule has 1 aromatic heterocycles. The quantitative estimate of drug-likeness (QED) is 0.786. The number of likely N-dealkylation sites (tertiary alicyclic amines) is 1. The van der Waals surface area contributed by atoms with Crippen molar-refractivity contribution in [2.24, 2.45) is 5.41 Å². The molecule has 4 nitrogen and oxygen atoms in total. The van der Waals surface area contributed by atoms with Gasteiger partial charge in [-0.1, -0.05) is 32.1 Å². The number of amides is 2. The van der Waals surface area contributed by atoms with Gasteiger partial charge in [-0.2, -0.15) is 0 Å². The molecule has 5 heteroatoms. The van der Waals surface area contributed by atoms with Gasteiger partial charge in [-0.3, -0.25) is 14.5 Å². The molecular formula is C18H24N2O2S. The van der Waals surface area contributed by atoms with Crippen LogP contribution in [-0.2, 0) is 16.1 Å². The molecule has 2 amide bonds. The van der Waals surface area contributed by atoms with Gasteiger partial charge in [0.05, 0.1) is 22.7 Å². The first-order chi connectivity index (χ1) is 11.2. The summed E-state index contributed by atoms with van der Waals surface area (Å²) in [7, 11) is 0. The number of aromatic nitrogens is 1. The highest BCUT2D eigenvalue weighted by atomic mass is 32.1. The SMILES string of the molecule is O=C1CC2(CCCCC2)C(=O)N1Cc1csc(C2CCCC2)n1. The second-order valence-electron chi connectivity index (χ2n) is 7.46. The maximum absolute atomic E-state index is 12.8. The Kier molecular flexibility index (Phi) is 4.00. The van der Waals surface area contributed by atoms with Crippen LogP contribution >= 0.6 is 11.3 Å². The predicted octanol–water partition coefficient (Wildman–Crippen LogP) is 4.01. The Labute approximate surface area is 141 Å². The number of nitrogens with zero attached hydrogens (tertiary/aromatic N) is 2. The van der Waals surface area contributed by atoms with Crippen LogP contribution in [0, 0.1) is 5.41 Å². The Morgan fingerprint density at radius 1 is 1.13 bits per heavy atom. The summed E-state index contributed by atoms with van der Waals surface area (Å²) < 4.78 is 0. The van der Waals surface area contributed by atoms with Crippen molar-refractivity contribution >= 4 is 23.2 Å². The van der Waals surface area contributed by atoms with E-state index in [4.69, 9.17) is 4.98 Å². The van der Waals surface area contributed by atoms with Gasteiger partial charge in [-0.25, -0.2) is 4.98 Å². The smallest absolute Gasteiger partial charge is 0.236 e. The fourth-order valence-electron chi connectivity index (χ4n) is 4.56. The lowest BCUT2D eigenvalue weighted by molar-refractivity contribution is -0.143. The van der Waals surface area contributed by atoms with Crippen molar-refractivity contribution in [3.8, 4) is 0 Å². The molecule has 0 unspecified atom stereocenters. The number of hydrogen-bond donors (Lipinski definition) is 0. The number of rotatable bonds is 3. The van der Waals surface area contributed by atoms with Crippen molar-refractivity contribution in [2.75, 3.05) is 0 Å². The lowest BCUT2D eigenvalue weighted by atomic mass is 9.73. The zero-order chi connectivity index (χ0) is 15.9. The van der Waals surface area contributed by atoms with Crippen molar-refractivity contribution in [3.63, 3.8) is 0 Å². The molecule has 0 radical (unpaired) electrons. The zero-order valence-electron chi connectivity index (χ0n) is 13.6. The number of hydrogen-bond acceptors (Lipinski definition) is 4. The highest BCUT2D eigenvalue weighted by Gasteiger charge is 2.51. The van der Waals surface area contributed by atoms with Gasteiger partial charge >= 0.3 is 0 Å². The summed E-state index contributed by atoms with van der Waals surface area (Å²) in [6, 6.07) is 0. The van der Waals surface area contributed by atoms with Gasteiger partial charge < -0.3 is 0 Å². The third-order valence-corrected chi connectivity index (χ3v) is 6.95. The van der Waals surface area contributed by atoms with Crippen LogP contribution in [0.3, 0.4) is 0 Å². The molecule has 0 aromatic carbocycles. The average Bonchev–Trinajstić information content (AvgIpc) is 3.27. The zero-order valence-corrected chi connectivity index (χ0v) is 14.4. The van der Waals surface area contributed by atoms with E-state index < -0.39 is 0 Å². The summed E-state index contributed by atoms with van der Waals surface area (Å²) in [5.74, 6) is 0.674.